The molecule has 1 rings (SSSR count). The zero-order chi connectivity index (χ0) is 13.1. The summed E-state index contributed by atoms with van der Waals surface area (Å²) < 4.78 is 5.51. The highest BCUT2D eigenvalue weighted by Crippen LogP contribution is 2.31. The summed E-state index contributed by atoms with van der Waals surface area (Å²) in [4.78, 5) is 4.21. The van der Waals surface area contributed by atoms with Gasteiger partial charge in [-0.3, -0.25) is 4.99 Å². The first kappa shape index (κ1) is 15.3. The fraction of sp³-hybridized carbons (Fsp3) is 0.929. The van der Waals surface area contributed by atoms with Gasteiger partial charge in [-0.25, -0.2) is 0 Å². The van der Waals surface area contributed by atoms with Crippen LogP contribution in [0.4, 0.5) is 0 Å². The van der Waals surface area contributed by atoms with E-state index in [1.807, 2.05) is 7.05 Å². The molecule has 4 heteroatoms. The molecule has 0 radical (unpaired) electrons. The molecule has 0 bridgehead atoms. The molecular weight excluding hydrogens is 226 g/mol. The molecule has 0 aromatic heterocycles. The van der Waals surface area contributed by atoms with Gasteiger partial charge in [0.15, 0.2) is 5.96 Å². The van der Waals surface area contributed by atoms with Crippen molar-refractivity contribution < 1.29 is 4.74 Å². The van der Waals surface area contributed by atoms with Crippen molar-refractivity contribution in [3.05, 3.63) is 0 Å². The number of aliphatic imine (C=N–C) groups is 1. The highest BCUT2D eigenvalue weighted by Gasteiger charge is 2.20. The van der Waals surface area contributed by atoms with E-state index in [2.05, 4.69) is 22.5 Å². The lowest BCUT2D eigenvalue weighted by Crippen LogP contribution is -2.38. The summed E-state index contributed by atoms with van der Waals surface area (Å²) in [5.74, 6) is 1.90. The molecule has 0 amide bonds. The largest absolute Gasteiger partial charge is 0.381 e. The summed E-state index contributed by atoms with van der Waals surface area (Å²) in [6.45, 7) is 5.88. The summed E-state index contributed by atoms with van der Waals surface area (Å²) in [7, 11) is 1.82. The van der Waals surface area contributed by atoms with Crippen molar-refractivity contribution in [2.24, 2.45) is 10.9 Å². The van der Waals surface area contributed by atoms with Crippen molar-refractivity contribution in [1.29, 1.82) is 0 Å². The third kappa shape index (κ3) is 8.34. The van der Waals surface area contributed by atoms with Crippen molar-refractivity contribution in [2.75, 3.05) is 33.4 Å². The first-order valence-corrected chi connectivity index (χ1v) is 7.39. The van der Waals surface area contributed by atoms with Gasteiger partial charge < -0.3 is 15.4 Å². The lowest BCUT2D eigenvalue weighted by molar-refractivity contribution is 0.129. The molecule has 1 aliphatic rings. The zero-order valence-electron chi connectivity index (χ0n) is 12.0. The Hall–Kier alpha value is -0.770. The average Bonchev–Trinajstić information content (AvgIpc) is 3.19. The van der Waals surface area contributed by atoms with Gasteiger partial charge in [0.05, 0.1) is 0 Å². The van der Waals surface area contributed by atoms with Gasteiger partial charge in [0, 0.05) is 33.4 Å². The Morgan fingerprint density at radius 1 is 1.17 bits per heavy atom. The van der Waals surface area contributed by atoms with Crippen LogP contribution in [0.25, 0.3) is 0 Å². The number of ether oxygens (including phenoxy) is 1. The zero-order valence-corrected chi connectivity index (χ0v) is 12.0. The summed E-state index contributed by atoms with van der Waals surface area (Å²) in [5, 5.41) is 6.66. The van der Waals surface area contributed by atoms with Gasteiger partial charge in [-0.05, 0) is 25.2 Å². The van der Waals surface area contributed by atoms with E-state index in [1.54, 1.807) is 0 Å². The summed E-state index contributed by atoms with van der Waals surface area (Å²) in [6.07, 6.45) is 7.52. The SMILES string of the molecule is CCCCOCCCNC(=NC)NCCC1CC1. The van der Waals surface area contributed by atoms with Gasteiger partial charge in [0.25, 0.3) is 0 Å². The van der Waals surface area contributed by atoms with Crippen molar-refractivity contribution in [3.63, 3.8) is 0 Å². The van der Waals surface area contributed by atoms with Gasteiger partial charge in [0.1, 0.15) is 0 Å². The summed E-state index contributed by atoms with van der Waals surface area (Å²) >= 11 is 0. The first-order valence-electron chi connectivity index (χ1n) is 7.39. The van der Waals surface area contributed by atoms with E-state index >= 15 is 0 Å². The molecule has 0 unspecified atom stereocenters. The fourth-order valence-corrected chi connectivity index (χ4v) is 1.75. The minimum atomic E-state index is 0.839. The van der Waals surface area contributed by atoms with Gasteiger partial charge in [-0.2, -0.15) is 0 Å². The molecule has 1 fully saturated rings. The second-order valence-electron chi connectivity index (χ2n) is 4.98. The summed E-state index contributed by atoms with van der Waals surface area (Å²) in [6, 6.07) is 0. The monoisotopic (exact) mass is 255 g/mol. The molecule has 0 atom stereocenters. The lowest BCUT2D eigenvalue weighted by atomic mass is 10.3. The standard InChI is InChI=1S/C14H29N3O/c1-3-4-11-18-12-5-9-16-14(15-2)17-10-8-13-6-7-13/h13H,3-12H2,1-2H3,(H2,15,16,17). The molecule has 106 valence electrons. The Kier molecular flexibility index (Phi) is 8.65. The minimum Gasteiger partial charge on any atom is -0.381 e. The smallest absolute Gasteiger partial charge is 0.190 e. The van der Waals surface area contributed by atoms with Crippen LogP contribution in [0.1, 0.15) is 45.4 Å². The van der Waals surface area contributed by atoms with Crippen LogP contribution in [-0.4, -0.2) is 39.3 Å². The average molecular weight is 255 g/mol. The second kappa shape index (κ2) is 10.2. The van der Waals surface area contributed by atoms with Crippen LogP contribution in [0, 0.1) is 5.92 Å². The first-order chi connectivity index (χ1) is 8.86. The maximum absolute atomic E-state index is 5.51. The molecule has 0 saturated heterocycles. The van der Waals surface area contributed by atoms with Gasteiger partial charge in [-0.1, -0.05) is 26.2 Å². The Labute approximate surface area is 112 Å². The maximum Gasteiger partial charge on any atom is 0.190 e. The minimum absolute atomic E-state index is 0.839. The van der Waals surface area contributed by atoms with E-state index in [0.29, 0.717) is 0 Å². The highest BCUT2D eigenvalue weighted by molar-refractivity contribution is 5.79. The van der Waals surface area contributed by atoms with E-state index in [4.69, 9.17) is 4.74 Å². The highest BCUT2D eigenvalue weighted by atomic mass is 16.5. The van der Waals surface area contributed by atoms with Gasteiger partial charge in [-0.15, -0.1) is 0 Å². The van der Waals surface area contributed by atoms with Crippen LogP contribution in [0.5, 0.6) is 0 Å². The second-order valence-corrected chi connectivity index (χ2v) is 4.98. The van der Waals surface area contributed by atoms with E-state index in [9.17, 15) is 0 Å². The van der Waals surface area contributed by atoms with Crippen LogP contribution < -0.4 is 10.6 Å². The molecule has 4 nitrogen and oxygen atoms in total. The number of nitrogens with one attached hydrogen (secondary N) is 2. The molecule has 18 heavy (non-hydrogen) atoms. The predicted molar refractivity (Wildman–Crippen MR) is 77.0 cm³/mol. The van der Waals surface area contributed by atoms with Gasteiger partial charge in [0.2, 0.25) is 0 Å². The topological polar surface area (TPSA) is 45.6 Å². The molecule has 1 saturated carbocycles. The van der Waals surface area contributed by atoms with Crippen molar-refractivity contribution >= 4 is 5.96 Å². The van der Waals surface area contributed by atoms with Crippen LogP contribution in [0.2, 0.25) is 0 Å². The van der Waals surface area contributed by atoms with Crippen LogP contribution in [0.3, 0.4) is 0 Å². The number of unbranched alkanes of at least 4 members (excludes halogenated alkanes) is 1. The van der Waals surface area contributed by atoms with Gasteiger partial charge >= 0.3 is 0 Å². The van der Waals surface area contributed by atoms with E-state index in [-0.39, 0.29) is 0 Å². The molecule has 0 aliphatic heterocycles. The van der Waals surface area contributed by atoms with Crippen LogP contribution in [-0.2, 0) is 4.74 Å². The molecular formula is C14H29N3O. The molecule has 0 spiro atoms. The van der Waals surface area contributed by atoms with Crippen LogP contribution in [0.15, 0.2) is 4.99 Å². The number of hydrogen-bond acceptors (Lipinski definition) is 2. The van der Waals surface area contributed by atoms with Crippen molar-refractivity contribution in [3.8, 4) is 0 Å². The Morgan fingerprint density at radius 2 is 1.89 bits per heavy atom. The normalized spacial score (nSPS) is 15.8. The molecule has 2 N–H and O–H groups in total. The van der Waals surface area contributed by atoms with E-state index in [0.717, 1.165) is 51.0 Å². The lowest BCUT2D eigenvalue weighted by Gasteiger charge is -2.11. The summed E-state index contributed by atoms with van der Waals surface area (Å²) in [5.41, 5.74) is 0. The Morgan fingerprint density at radius 3 is 2.56 bits per heavy atom. The number of rotatable bonds is 10. The van der Waals surface area contributed by atoms with Crippen molar-refractivity contribution in [2.45, 2.75) is 45.4 Å². The van der Waals surface area contributed by atoms with E-state index in [1.165, 1.54) is 25.7 Å². The van der Waals surface area contributed by atoms with Crippen LogP contribution >= 0.6 is 0 Å². The molecule has 0 aromatic carbocycles. The molecule has 0 heterocycles. The fourth-order valence-electron chi connectivity index (χ4n) is 1.75. The third-order valence-electron chi connectivity index (χ3n) is 3.17. The Balaban J connectivity index is 1.87. The maximum atomic E-state index is 5.51. The van der Waals surface area contributed by atoms with E-state index < -0.39 is 0 Å². The molecule has 0 aromatic rings. The molecule has 1 aliphatic carbocycles. The Bertz CT molecular complexity index is 227. The number of hydrogen-bond donors (Lipinski definition) is 2. The third-order valence-corrected chi connectivity index (χ3v) is 3.17. The van der Waals surface area contributed by atoms with Crippen molar-refractivity contribution in [1.82, 2.24) is 10.6 Å². The quantitative estimate of drug-likeness (QED) is 0.357. The number of guanidine groups is 1. The predicted octanol–water partition coefficient (Wildman–Crippen LogP) is 2.16. The number of nitrogens with zero attached hydrogens (tertiary/aromatic N) is 1.